The zero-order chi connectivity index (χ0) is 16.8. The van der Waals surface area contributed by atoms with Gasteiger partial charge in [0.25, 0.3) is 0 Å². The summed E-state index contributed by atoms with van der Waals surface area (Å²) in [5, 5.41) is 10.1. The monoisotopic (exact) mass is 359 g/mol. The largest absolute Gasteiger partial charge is 0.477 e. The Morgan fingerprint density at radius 1 is 1.33 bits per heavy atom. The molecule has 2 unspecified atom stereocenters. The van der Waals surface area contributed by atoms with Gasteiger partial charge < -0.3 is 10.8 Å². The third kappa shape index (κ3) is 2.26. The molecule has 4 rings (SSSR count). The van der Waals surface area contributed by atoms with E-state index in [1.54, 1.807) is 6.20 Å². The van der Waals surface area contributed by atoms with Crippen LogP contribution in [0.4, 0.5) is 0 Å². The number of carboxylic acids is 1. The summed E-state index contributed by atoms with van der Waals surface area (Å²) in [6.45, 7) is 0. The molecule has 0 bridgehead atoms. The predicted octanol–water partition coefficient (Wildman–Crippen LogP) is 1.85. The first kappa shape index (κ1) is 15.4. The summed E-state index contributed by atoms with van der Waals surface area (Å²) < 4.78 is 0. The maximum atomic E-state index is 12.0. The number of carboxylic acid groups (broad SMARTS) is 1. The number of aromatic nitrogens is 1. The van der Waals surface area contributed by atoms with Crippen molar-refractivity contribution in [3.63, 3.8) is 0 Å². The quantitative estimate of drug-likeness (QED) is 0.812. The Balaban J connectivity index is 1.76. The normalized spacial score (nSPS) is 23.0. The van der Waals surface area contributed by atoms with E-state index in [4.69, 9.17) is 5.73 Å². The van der Waals surface area contributed by atoms with E-state index in [9.17, 15) is 14.7 Å². The average Bonchev–Trinajstić information content (AvgIpc) is 3.10. The van der Waals surface area contributed by atoms with E-state index < -0.39 is 12.0 Å². The summed E-state index contributed by atoms with van der Waals surface area (Å²) in [7, 11) is 0. The molecule has 2 aliphatic heterocycles. The van der Waals surface area contributed by atoms with E-state index in [0.717, 1.165) is 15.4 Å². The third-order valence-corrected chi connectivity index (χ3v) is 6.44. The molecule has 122 valence electrons. The van der Waals surface area contributed by atoms with Gasteiger partial charge in [-0.2, -0.15) is 0 Å². The molecule has 3 N–H and O–H groups in total. The fraction of sp³-hybridized carbons (Fsp3) is 0.188. The number of benzene rings is 1. The van der Waals surface area contributed by atoms with Gasteiger partial charge in [-0.1, -0.05) is 30.3 Å². The number of carbonyl (C=O) groups is 2. The van der Waals surface area contributed by atoms with Gasteiger partial charge in [-0.3, -0.25) is 9.69 Å². The Kier molecular flexibility index (Phi) is 3.67. The number of nitrogens with zero attached hydrogens (tertiary/aromatic N) is 2. The summed E-state index contributed by atoms with van der Waals surface area (Å²) in [6, 6.07) is 9.09. The number of fused-ring (bicyclic) bond motifs is 1. The molecular weight excluding hydrogens is 346 g/mol. The number of β-lactam (4-membered cyclic amide) rings is 1. The van der Waals surface area contributed by atoms with Crippen LogP contribution in [0.25, 0.3) is 16.1 Å². The van der Waals surface area contributed by atoms with Crippen molar-refractivity contribution in [3.8, 4) is 10.6 Å². The summed E-state index contributed by atoms with van der Waals surface area (Å²) in [5.74, 6) is -0.944. The first-order valence-corrected chi connectivity index (χ1v) is 9.13. The van der Waals surface area contributed by atoms with Gasteiger partial charge in [-0.15, -0.1) is 23.1 Å². The van der Waals surface area contributed by atoms with Crippen molar-refractivity contribution in [1.29, 1.82) is 0 Å². The number of thiazole rings is 1. The van der Waals surface area contributed by atoms with Crippen molar-refractivity contribution in [3.05, 3.63) is 47.1 Å². The average molecular weight is 359 g/mol. The molecule has 0 aliphatic carbocycles. The summed E-state index contributed by atoms with van der Waals surface area (Å²) in [5.41, 5.74) is 7.41. The van der Waals surface area contributed by atoms with E-state index in [-0.39, 0.29) is 17.0 Å². The van der Waals surface area contributed by atoms with Gasteiger partial charge in [-0.25, -0.2) is 9.78 Å². The SMILES string of the molecule is NC1C(=O)N2C(C(=O)O)=C(c3cnc(-c4ccccc4)s3)CSC12. The minimum atomic E-state index is -1.11. The van der Waals surface area contributed by atoms with Gasteiger partial charge in [-0.05, 0) is 0 Å². The molecule has 2 aromatic rings. The molecule has 1 aromatic carbocycles. The van der Waals surface area contributed by atoms with Crippen LogP contribution in [-0.4, -0.2) is 44.0 Å². The number of hydrogen-bond donors (Lipinski definition) is 2. The van der Waals surface area contributed by atoms with E-state index in [2.05, 4.69) is 4.98 Å². The molecule has 2 aliphatic rings. The summed E-state index contributed by atoms with van der Waals surface area (Å²) in [6.07, 6.45) is 1.68. The highest BCUT2D eigenvalue weighted by Crippen LogP contribution is 2.44. The Labute approximate surface area is 146 Å². The smallest absolute Gasteiger partial charge is 0.353 e. The van der Waals surface area contributed by atoms with Gasteiger partial charge in [0.15, 0.2) is 0 Å². The molecule has 0 spiro atoms. The van der Waals surface area contributed by atoms with Crippen molar-refractivity contribution in [2.24, 2.45) is 5.73 Å². The zero-order valence-electron chi connectivity index (χ0n) is 12.4. The lowest BCUT2D eigenvalue weighted by Crippen LogP contribution is -2.68. The van der Waals surface area contributed by atoms with Crippen LogP contribution >= 0.6 is 23.1 Å². The van der Waals surface area contributed by atoms with Crippen LogP contribution in [0, 0.1) is 0 Å². The molecule has 1 saturated heterocycles. The van der Waals surface area contributed by atoms with Crippen LogP contribution < -0.4 is 5.73 Å². The lowest BCUT2D eigenvalue weighted by molar-refractivity contribution is -0.147. The van der Waals surface area contributed by atoms with Gasteiger partial charge in [0.2, 0.25) is 5.91 Å². The predicted molar refractivity (Wildman–Crippen MR) is 93.2 cm³/mol. The number of rotatable bonds is 3. The van der Waals surface area contributed by atoms with Crippen LogP contribution in [0.3, 0.4) is 0 Å². The van der Waals surface area contributed by atoms with Crippen molar-refractivity contribution < 1.29 is 14.7 Å². The van der Waals surface area contributed by atoms with Crippen molar-refractivity contribution in [2.45, 2.75) is 11.4 Å². The lowest BCUT2D eigenvalue weighted by Gasteiger charge is -2.47. The standard InChI is InChI=1S/C16H13N3O3S2/c17-11-14(20)19-12(16(21)22)9(7-23-15(11)19)10-6-18-13(24-10)8-4-2-1-3-5-8/h1-6,11,15H,7,17H2,(H,21,22). The molecule has 6 nitrogen and oxygen atoms in total. The maximum Gasteiger partial charge on any atom is 0.353 e. The second-order valence-corrected chi connectivity index (χ2v) is 7.60. The van der Waals surface area contributed by atoms with Gasteiger partial charge in [0.05, 0.1) is 4.88 Å². The number of nitrogens with two attached hydrogens (primary N) is 1. The number of aliphatic carboxylic acids is 1. The first-order chi connectivity index (χ1) is 11.6. The molecule has 1 fully saturated rings. The van der Waals surface area contributed by atoms with Crippen LogP contribution in [0.1, 0.15) is 4.88 Å². The second kappa shape index (κ2) is 5.73. The molecule has 0 saturated carbocycles. The molecule has 0 radical (unpaired) electrons. The van der Waals surface area contributed by atoms with Crippen LogP contribution in [0.5, 0.6) is 0 Å². The number of thioether (sulfide) groups is 1. The molecule has 2 atom stereocenters. The zero-order valence-corrected chi connectivity index (χ0v) is 14.0. The molecule has 3 heterocycles. The fourth-order valence-electron chi connectivity index (χ4n) is 2.83. The number of amides is 1. The second-order valence-electron chi connectivity index (χ2n) is 5.46. The fourth-order valence-corrected chi connectivity index (χ4v) is 5.20. The highest BCUT2D eigenvalue weighted by molar-refractivity contribution is 8.00. The topological polar surface area (TPSA) is 96.5 Å². The highest BCUT2D eigenvalue weighted by atomic mass is 32.2. The van der Waals surface area contributed by atoms with E-state index in [1.165, 1.54) is 28.0 Å². The van der Waals surface area contributed by atoms with Crippen LogP contribution in [-0.2, 0) is 9.59 Å². The highest BCUT2D eigenvalue weighted by Gasteiger charge is 2.52. The van der Waals surface area contributed by atoms with E-state index >= 15 is 0 Å². The molecule has 24 heavy (non-hydrogen) atoms. The molecule has 8 heteroatoms. The number of hydrogen-bond acceptors (Lipinski definition) is 6. The molecule has 1 amide bonds. The van der Waals surface area contributed by atoms with Gasteiger partial charge in [0, 0.05) is 23.1 Å². The third-order valence-electron chi connectivity index (χ3n) is 4.04. The van der Waals surface area contributed by atoms with Gasteiger partial charge in [0.1, 0.15) is 22.1 Å². The Bertz CT molecular complexity index is 862. The van der Waals surface area contributed by atoms with Crippen LogP contribution in [0.2, 0.25) is 0 Å². The summed E-state index contributed by atoms with van der Waals surface area (Å²) in [4.78, 5) is 30.2. The van der Waals surface area contributed by atoms with Crippen LogP contribution in [0.15, 0.2) is 42.2 Å². The molecule has 1 aromatic heterocycles. The minimum Gasteiger partial charge on any atom is -0.477 e. The van der Waals surface area contributed by atoms with Crippen molar-refractivity contribution in [2.75, 3.05) is 5.75 Å². The van der Waals surface area contributed by atoms with Crippen molar-refractivity contribution in [1.82, 2.24) is 9.88 Å². The minimum absolute atomic E-state index is 0.0358. The Hall–Kier alpha value is -2.16. The van der Waals surface area contributed by atoms with Gasteiger partial charge >= 0.3 is 5.97 Å². The Morgan fingerprint density at radius 2 is 2.08 bits per heavy atom. The van der Waals surface area contributed by atoms with E-state index in [0.29, 0.717) is 11.3 Å². The van der Waals surface area contributed by atoms with E-state index in [1.807, 2.05) is 30.3 Å². The maximum absolute atomic E-state index is 12.0. The molecular formula is C16H13N3O3S2. The lowest BCUT2D eigenvalue weighted by atomic mass is 10.0. The van der Waals surface area contributed by atoms with Crippen molar-refractivity contribution >= 4 is 40.5 Å². The Morgan fingerprint density at radius 3 is 2.79 bits per heavy atom. The first-order valence-electron chi connectivity index (χ1n) is 7.26. The number of carbonyl (C=O) groups excluding carboxylic acids is 1. The summed E-state index contributed by atoms with van der Waals surface area (Å²) >= 11 is 2.92.